The maximum Gasteiger partial charge on any atom is 0.0935 e. The van der Waals surface area contributed by atoms with E-state index in [1.165, 1.54) is 0 Å². The van der Waals surface area contributed by atoms with Crippen LogP contribution in [0.15, 0.2) is 53.0 Å². The molecular weight excluding hydrogens is 324 g/mol. The third-order valence-corrected chi connectivity index (χ3v) is 4.25. The summed E-state index contributed by atoms with van der Waals surface area (Å²) in [6.07, 6.45) is 1.15. The third-order valence-electron chi connectivity index (χ3n) is 3.39. The van der Waals surface area contributed by atoms with Crippen molar-refractivity contribution in [1.29, 1.82) is 0 Å². The van der Waals surface area contributed by atoms with Crippen LogP contribution in [0.2, 0.25) is 5.02 Å². The number of hydrogen-bond donors (Lipinski definition) is 1. The molecule has 2 rings (SSSR count). The van der Waals surface area contributed by atoms with Gasteiger partial charge in [0.15, 0.2) is 0 Å². The summed E-state index contributed by atoms with van der Waals surface area (Å²) in [4.78, 5) is 0. The molecule has 1 N–H and O–H groups in total. The molecule has 0 spiro atoms. The minimum atomic E-state index is -0.894. The van der Waals surface area contributed by atoms with Crippen molar-refractivity contribution in [1.82, 2.24) is 0 Å². The van der Waals surface area contributed by atoms with Gasteiger partial charge in [-0.15, -0.1) is 0 Å². The molecule has 1 atom stereocenters. The Labute approximate surface area is 127 Å². The van der Waals surface area contributed by atoms with Gasteiger partial charge in [-0.25, -0.2) is 0 Å². The molecule has 0 heterocycles. The molecule has 2 aromatic carbocycles. The molecule has 2 aromatic rings. The van der Waals surface area contributed by atoms with Crippen molar-refractivity contribution in [3.63, 3.8) is 0 Å². The van der Waals surface area contributed by atoms with Gasteiger partial charge in [0, 0.05) is 15.9 Å². The Balaban J connectivity index is 2.36. The zero-order chi connectivity index (χ0) is 13.9. The van der Waals surface area contributed by atoms with E-state index in [4.69, 9.17) is 11.6 Å². The first-order valence-corrected chi connectivity index (χ1v) is 7.44. The number of rotatable bonds is 4. The summed E-state index contributed by atoms with van der Waals surface area (Å²) in [7, 11) is 0. The van der Waals surface area contributed by atoms with Crippen molar-refractivity contribution in [3.05, 3.63) is 69.2 Å². The average Bonchev–Trinajstić information content (AvgIpc) is 2.41. The smallest absolute Gasteiger partial charge is 0.0935 e. The summed E-state index contributed by atoms with van der Waals surface area (Å²) >= 11 is 9.63. The highest BCUT2D eigenvalue weighted by atomic mass is 79.9. The maximum absolute atomic E-state index is 10.9. The molecule has 1 nitrogen and oxygen atoms in total. The molecule has 0 bridgehead atoms. The molecular formula is C16H16BrClO. The predicted molar refractivity (Wildman–Crippen MR) is 83.5 cm³/mol. The van der Waals surface area contributed by atoms with Crippen LogP contribution in [-0.4, -0.2) is 5.11 Å². The van der Waals surface area contributed by atoms with Crippen molar-refractivity contribution < 1.29 is 5.11 Å². The lowest BCUT2D eigenvalue weighted by Crippen LogP contribution is -2.27. The summed E-state index contributed by atoms with van der Waals surface area (Å²) < 4.78 is 0.969. The summed E-state index contributed by atoms with van der Waals surface area (Å²) in [6.45, 7) is 1.98. The van der Waals surface area contributed by atoms with E-state index in [2.05, 4.69) is 15.9 Å². The molecule has 100 valence electrons. The molecule has 0 fully saturated rings. The van der Waals surface area contributed by atoms with Crippen molar-refractivity contribution in [2.24, 2.45) is 0 Å². The summed E-state index contributed by atoms with van der Waals surface area (Å²) in [5.74, 6) is 0. The van der Waals surface area contributed by atoms with E-state index in [-0.39, 0.29) is 0 Å². The predicted octanol–water partition coefficient (Wildman–Crippen LogP) is 4.94. The Hall–Kier alpha value is -0.830. The second kappa shape index (κ2) is 6.08. The Morgan fingerprint density at radius 3 is 2.53 bits per heavy atom. The van der Waals surface area contributed by atoms with Crippen LogP contribution in [0, 0.1) is 0 Å². The van der Waals surface area contributed by atoms with E-state index in [9.17, 15) is 5.11 Å². The topological polar surface area (TPSA) is 20.2 Å². The van der Waals surface area contributed by atoms with Crippen molar-refractivity contribution in [3.8, 4) is 0 Å². The van der Waals surface area contributed by atoms with E-state index in [0.717, 1.165) is 15.6 Å². The lowest BCUT2D eigenvalue weighted by atomic mass is 9.85. The molecule has 0 saturated carbocycles. The van der Waals surface area contributed by atoms with Gasteiger partial charge < -0.3 is 5.11 Å². The molecule has 0 radical (unpaired) electrons. The van der Waals surface area contributed by atoms with Crippen LogP contribution in [0.1, 0.15) is 24.5 Å². The Morgan fingerprint density at radius 2 is 1.89 bits per heavy atom. The quantitative estimate of drug-likeness (QED) is 0.836. The zero-order valence-electron chi connectivity index (χ0n) is 10.7. The number of halogens is 2. The average molecular weight is 340 g/mol. The number of aliphatic hydroxyl groups is 1. The molecule has 0 aliphatic carbocycles. The van der Waals surface area contributed by atoms with Crippen LogP contribution in [0.25, 0.3) is 0 Å². The Morgan fingerprint density at radius 1 is 1.16 bits per heavy atom. The van der Waals surface area contributed by atoms with Crippen LogP contribution in [0.3, 0.4) is 0 Å². The fourth-order valence-electron chi connectivity index (χ4n) is 2.17. The fraction of sp³-hybridized carbons (Fsp3) is 0.250. The van der Waals surface area contributed by atoms with Crippen molar-refractivity contribution in [2.75, 3.05) is 0 Å². The molecule has 3 heteroatoms. The van der Waals surface area contributed by atoms with Crippen LogP contribution < -0.4 is 0 Å². The lowest BCUT2D eigenvalue weighted by Gasteiger charge is -2.28. The summed E-state index contributed by atoms with van der Waals surface area (Å²) in [6, 6.07) is 15.5. The third kappa shape index (κ3) is 3.38. The highest BCUT2D eigenvalue weighted by molar-refractivity contribution is 9.10. The second-order valence-electron chi connectivity index (χ2n) is 4.66. The van der Waals surface area contributed by atoms with Crippen LogP contribution in [0.4, 0.5) is 0 Å². The van der Waals surface area contributed by atoms with E-state index in [1.807, 2.05) is 55.5 Å². The first-order valence-electron chi connectivity index (χ1n) is 6.27. The van der Waals surface area contributed by atoms with E-state index in [0.29, 0.717) is 17.9 Å². The molecule has 19 heavy (non-hydrogen) atoms. The maximum atomic E-state index is 10.9. The largest absolute Gasteiger partial charge is 0.385 e. The SMILES string of the molecule is CCC(O)(Cc1ccccc1Cl)c1cccc(Br)c1. The van der Waals surface area contributed by atoms with E-state index < -0.39 is 5.60 Å². The summed E-state index contributed by atoms with van der Waals surface area (Å²) in [5.41, 5.74) is 0.979. The molecule has 0 aliphatic heterocycles. The van der Waals surface area contributed by atoms with Crippen LogP contribution >= 0.6 is 27.5 Å². The van der Waals surface area contributed by atoms with Gasteiger partial charge in [0.2, 0.25) is 0 Å². The Bertz CT molecular complexity index is 570. The molecule has 1 unspecified atom stereocenters. The molecule has 0 aromatic heterocycles. The first-order chi connectivity index (χ1) is 9.05. The standard InChI is InChI=1S/C16H16BrClO/c1-2-16(19,13-7-5-8-14(17)10-13)11-12-6-3-4-9-15(12)18/h3-10,19H,2,11H2,1H3. The minimum absolute atomic E-state index is 0.514. The van der Waals surface area contributed by atoms with Gasteiger partial charge in [-0.1, -0.05) is 64.8 Å². The van der Waals surface area contributed by atoms with Crippen molar-refractivity contribution >= 4 is 27.5 Å². The van der Waals surface area contributed by atoms with Crippen LogP contribution in [0.5, 0.6) is 0 Å². The van der Waals surface area contributed by atoms with Gasteiger partial charge in [0.05, 0.1) is 5.60 Å². The molecule has 0 saturated heterocycles. The van der Waals surface area contributed by atoms with Gasteiger partial charge in [-0.05, 0) is 35.7 Å². The second-order valence-corrected chi connectivity index (χ2v) is 5.99. The number of benzene rings is 2. The number of hydrogen-bond acceptors (Lipinski definition) is 1. The zero-order valence-corrected chi connectivity index (χ0v) is 13.1. The van der Waals surface area contributed by atoms with Gasteiger partial charge in [0.1, 0.15) is 0 Å². The van der Waals surface area contributed by atoms with Gasteiger partial charge in [0.25, 0.3) is 0 Å². The highest BCUT2D eigenvalue weighted by Crippen LogP contribution is 2.32. The Kier molecular flexibility index (Phi) is 4.67. The molecule has 0 amide bonds. The van der Waals surface area contributed by atoms with Gasteiger partial charge in [-0.2, -0.15) is 0 Å². The van der Waals surface area contributed by atoms with E-state index >= 15 is 0 Å². The van der Waals surface area contributed by atoms with Crippen LogP contribution in [-0.2, 0) is 12.0 Å². The first kappa shape index (κ1) is 14.6. The monoisotopic (exact) mass is 338 g/mol. The summed E-state index contributed by atoms with van der Waals surface area (Å²) in [5, 5.41) is 11.6. The minimum Gasteiger partial charge on any atom is -0.385 e. The molecule has 0 aliphatic rings. The van der Waals surface area contributed by atoms with E-state index in [1.54, 1.807) is 0 Å². The fourth-order valence-corrected chi connectivity index (χ4v) is 2.77. The highest BCUT2D eigenvalue weighted by Gasteiger charge is 2.28. The van der Waals surface area contributed by atoms with Crippen molar-refractivity contribution in [2.45, 2.75) is 25.4 Å². The lowest BCUT2D eigenvalue weighted by molar-refractivity contribution is 0.0327. The van der Waals surface area contributed by atoms with Gasteiger partial charge >= 0.3 is 0 Å². The normalized spacial score (nSPS) is 14.1. The van der Waals surface area contributed by atoms with Gasteiger partial charge in [-0.3, -0.25) is 0 Å².